The van der Waals surface area contributed by atoms with Gasteiger partial charge in [0.25, 0.3) is 0 Å². The first-order valence-corrected chi connectivity index (χ1v) is 10.4. The second-order valence-corrected chi connectivity index (χ2v) is 7.89. The number of hydrogen-bond donors (Lipinski definition) is 1. The van der Waals surface area contributed by atoms with Crippen molar-refractivity contribution in [1.82, 2.24) is 4.90 Å². The first-order valence-electron chi connectivity index (χ1n) is 10.4. The molecule has 1 saturated heterocycles. The fourth-order valence-corrected chi connectivity index (χ4v) is 4.11. The van der Waals surface area contributed by atoms with Crippen molar-refractivity contribution in [3.8, 4) is 5.75 Å². The van der Waals surface area contributed by atoms with Crippen LogP contribution in [0.1, 0.15) is 23.2 Å². The second-order valence-electron chi connectivity index (χ2n) is 7.89. The van der Waals surface area contributed by atoms with Crippen molar-refractivity contribution in [2.75, 3.05) is 26.2 Å². The summed E-state index contributed by atoms with van der Waals surface area (Å²) in [6, 6.07) is 19.8. The molecule has 3 aromatic carbocycles. The van der Waals surface area contributed by atoms with Crippen LogP contribution in [0.2, 0.25) is 0 Å². The number of aliphatic hydroxyl groups is 1. The second kappa shape index (κ2) is 9.37. The minimum atomic E-state index is -0.612. The van der Waals surface area contributed by atoms with Crippen molar-refractivity contribution in [2.24, 2.45) is 5.92 Å². The highest BCUT2D eigenvalue weighted by Crippen LogP contribution is 2.26. The van der Waals surface area contributed by atoms with Gasteiger partial charge in [-0.1, -0.05) is 48.5 Å². The van der Waals surface area contributed by atoms with Gasteiger partial charge in [0.1, 0.15) is 24.3 Å². The van der Waals surface area contributed by atoms with E-state index in [4.69, 9.17) is 4.74 Å². The molecule has 5 heteroatoms. The Labute approximate surface area is 175 Å². The van der Waals surface area contributed by atoms with Gasteiger partial charge in [-0.25, -0.2) is 4.39 Å². The quantitative estimate of drug-likeness (QED) is 0.593. The van der Waals surface area contributed by atoms with Crippen LogP contribution in [-0.2, 0) is 0 Å². The number of likely N-dealkylation sites (tertiary alicyclic amines) is 1. The number of hydrogen-bond acceptors (Lipinski definition) is 4. The van der Waals surface area contributed by atoms with Crippen molar-refractivity contribution in [3.05, 3.63) is 78.1 Å². The van der Waals surface area contributed by atoms with Gasteiger partial charge >= 0.3 is 0 Å². The first-order chi connectivity index (χ1) is 14.6. The number of β-amino-alcohol motifs (C(OH)–C–C–N with tert-alkyl or cyclic N) is 1. The van der Waals surface area contributed by atoms with E-state index in [-0.39, 0.29) is 24.1 Å². The van der Waals surface area contributed by atoms with Gasteiger partial charge in [0.05, 0.1) is 0 Å². The predicted molar refractivity (Wildman–Crippen MR) is 115 cm³/mol. The number of carbonyl (C=O) groups is 1. The molecule has 156 valence electrons. The molecule has 1 aliphatic heterocycles. The Kier molecular flexibility index (Phi) is 6.41. The van der Waals surface area contributed by atoms with E-state index >= 15 is 0 Å². The summed E-state index contributed by atoms with van der Waals surface area (Å²) in [5, 5.41) is 12.6. The Morgan fingerprint density at radius 2 is 1.80 bits per heavy atom. The number of rotatable bonds is 7. The van der Waals surface area contributed by atoms with E-state index in [1.54, 1.807) is 12.1 Å². The summed E-state index contributed by atoms with van der Waals surface area (Å²) in [7, 11) is 0. The molecule has 1 fully saturated rings. The predicted octanol–water partition coefficient (Wildman–Crippen LogP) is 4.31. The molecule has 0 saturated carbocycles. The van der Waals surface area contributed by atoms with Crippen LogP contribution in [0.15, 0.2) is 66.7 Å². The molecule has 1 heterocycles. The van der Waals surface area contributed by atoms with Gasteiger partial charge in [-0.15, -0.1) is 0 Å². The fraction of sp³-hybridized carbons (Fsp3) is 0.320. The molecule has 4 rings (SSSR count). The van der Waals surface area contributed by atoms with Crippen molar-refractivity contribution in [3.63, 3.8) is 0 Å². The number of fused-ring (bicyclic) bond motifs is 1. The van der Waals surface area contributed by atoms with Crippen LogP contribution in [0.3, 0.4) is 0 Å². The van der Waals surface area contributed by atoms with Gasteiger partial charge in [-0.05, 0) is 49.5 Å². The fourth-order valence-electron chi connectivity index (χ4n) is 4.11. The highest BCUT2D eigenvalue weighted by atomic mass is 19.1. The van der Waals surface area contributed by atoms with Crippen LogP contribution in [0.5, 0.6) is 5.75 Å². The van der Waals surface area contributed by atoms with Crippen LogP contribution in [0, 0.1) is 11.7 Å². The molecule has 0 aliphatic carbocycles. The van der Waals surface area contributed by atoms with Gasteiger partial charge < -0.3 is 14.7 Å². The molecule has 0 spiro atoms. The van der Waals surface area contributed by atoms with Crippen molar-refractivity contribution >= 4 is 16.6 Å². The molecule has 1 unspecified atom stereocenters. The van der Waals surface area contributed by atoms with E-state index < -0.39 is 6.10 Å². The smallest absolute Gasteiger partial charge is 0.166 e. The van der Waals surface area contributed by atoms with Crippen molar-refractivity contribution < 1.29 is 19.0 Å². The zero-order chi connectivity index (χ0) is 20.9. The summed E-state index contributed by atoms with van der Waals surface area (Å²) < 4.78 is 19.3. The van der Waals surface area contributed by atoms with Gasteiger partial charge in [-0.2, -0.15) is 0 Å². The molecule has 0 radical (unpaired) electrons. The average Bonchev–Trinajstić information content (AvgIpc) is 2.77. The molecule has 1 N–H and O–H groups in total. The molecule has 0 aromatic heterocycles. The molecular formula is C25H26FNO3. The molecule has 0 amide bonds. The number of ether oxygens (including phenoxy) is 1. The normalized spacial score (nSPS) is 16.5. The van der Waals surface area contributed by atoms with Gasteiger partial charge in [0, 0.05) is 23.4 Å². The van der Waals surface area contributed by atoms with Gasteiger partial charge in [0.15, 0.2) is 5.78 Å². The number of benzene rings is 3. The maximum atomic E-state index is 13.4. The maximum absolute atomic E-state index is 13.4. The SMILES string of the molecule is O=C(c1cccc(F)c1)C1CCN(CC(O)COc2cccc3ccccc23)CC1. The Balaban J connectivity index is 1.26. The first kappa shape index (κ1) is 20.5. The number of nitrogens with zero attached hydrogens (tertiary/aromatic N) is 1. The largest absolute Gasteiger partial charge is 0.490 e. The zero-order valence-corrected chi connectivity index (χ0v) is 16.8. The lowest BCUT2D eigenvalue weighted by Gasteiger charge is -2.32. The van der Waals surface area contributed by atoms with Crippen LogP contribution < -0.4 is 4.74 Å². The summed E-state index contributed by atoms with van der Waals surface area (Å²) in [5.41, 5.74) is 0.442. The molecule has 1 atom stereocenters. The third-order valence-corrected chi connectivity index (χ3v) is 5.72. The molecule has 0 bridgehead atoms. The van der Waals surface area contributed by atoms with Crippen LogP contribution in [0.4, 0.5) is 4.39 Å². The number of aliphatic hydroxyl groups excluding tert-OH is 1. The lowest BCUT2D eigenvalue weighted by molar-refractivity contribution is 0.0528. The Bertz CT molecular complexity index is 1010. The number of halogens is 1. The molecule has 3 aromatic rings. The maximum Gasteiger partial charge on any atom is 0.166 e. The molecular weight excluding hydrogens is 381 g/mol. The number of ketones is 1. The summed E-state index contributed by atoms with van der Waals surface area (Å²) in [6.45, 7) is 2.19. The van der Waals surface area contributed by atoms with Crippen LogP contribution in [-0.4, -0.2) is 48.1 Å². The third-order valence-electron chi connectivity index (χ3n) is 5.72. The lowest BCUT2D eigenvalue weighted by Crippen LogP contribution is -2.42. The minimum absolute atomic E-state index is 0.00832. The Hall–Kier alpha value is -2.76. The number of carbonyl (C=O) groups excluding carboxylic acids is 1. The summed E-state index contributed by atoms with van der Waals surface area (Å²) in [4.78, 5) is 14.8. The standard InChI is InChI=1S/C25H26FNO3/c26-21-8-3-7-20(15-21)25(29)19-11-13-27(14-12-19)16-22(28)17-30-24-10-4-6-18-5-1-2-9-23(18)24/h1-10,15,19,22,28H,11-14,16-17H2. The number of piperidine rings is 1. The average molecular weight is 407 g/mol. The molecule has 30 heavy (non-hydrogen) atoms. The molecule has 4 nitrogen and oxygen atoms in total. The van der Waals surface area contributed by atoms with E-state index in [1.165, 1.54) is 12.1 Å². The monoisotopic (exact) mass is 407 g/mol. The van der Waals surface area contributed by atoms with Gasteiger partial charge in [0.2, 0.25) is 0 Å². The van der Waals surface area contributed by atoms with Crippen LogP contribution in [0.25, 0.3) is 10.8 Å². The molecule has 1 aliphatic rings. The van der Waals surface area contributed by atoms with E-state index in [0.717, 1.165) is 29.6 Å². The lowest BCUT2D eigenvalue weighted by atomic mass is 9.89. The van der Waals surface area contributed by atoms with Crippen LogP contribution >= 0.6 is 0 Å². The van der Waals surface area contributed by atoms with Gasteiger partial charge in [-0.3, -0.25) is 4.79 Å². The van der Waals surface area contributed by atoms with Crippen molar-refractivity contribution in [1.29, 1.82) is 0 Å². The van der Waals surface area contributed by atoms with E-state index in [0.29, 0.717) is 24.9 Å². The topological polar surface area (TPSA) is 49.8 Å². The zero-order valence-electron chi connectivity index (χ0n) is 16.8. The summed E-state index contributed by atoms with van der Waals surface area (Å²) >= 11 is 0. The third kappa shape index (κ3) is 4.86. The van der Waals surface area contributed by atoms with E-state index in [1.807, 2.05) is 42.5 Å². The highest BCUT2D eigenvalue weighted by molar-refractivity contribution is 5.97. The Morgan fingerprint density at radius 1 is 1.07 bits per heavy atom. The van der Waals surface area contributed by atoms with E-state index in [9.17, 15) is 14.3 Å². The highest BCUT2D eigenvalue weighted by Gasteiger charge is 2.27. The van der Waals surface area contributed by atoms with E-state index in [2.05, 4.69) is 4.90 Å². The van der Waals surface area contributed by atoms with Crippen molar-refractivity contribution in [2.45, 2.75) is 18.9 Å². The number of Topliss-reactive ketones (excluding diaryl/α,β-unsaturated/α-hetero) is 1. The Morgan fingerprint density at radius 3 is 2.60 bits per heavy atom. The summed E-state index contributed by atoms with van der Waals surface area (Å²) in [5.74, 6) is 0.306. The summed E-state index contributed by atoms with van der Waals surface area (Å²) in [6.07, 6.45) is 0.817. The minimum Gasteiger partial charge on any atom is -0.490 e.